The van der Waals surface area contributed by atoms with E-state index in [2.05, 4.69) is 18.8 Å². The fourth-order valence-electron chi connectivity index (χ4n) is 0.250. The second-order valence-electron chi connectivity index (χ2n) is 2.31. The number of allylic oxidation sites excluding steroid dienone is 1. The highest BCUT2D eigenvalue weighted by molar-refractivity contribution is 4.78. The van der Waals surface area contributed by atoms with Crippen LogP contribution in [0.2, 0.25) is 0 Å². The highest BCUT2D eigenvalue weighted by Crippen LogP contribution is 1.73. The minimum Gasteiger partial charge on any atom is -0.320 e. The maximum Gasteiger partial charge on any atom is -0.00546 e. The third-order valence-electron chi connectivity index (χ3n) is 0.500. The fourth-order valence-corrected chi connectivity index (χ4v) is 0.250. The van der Waals surface area contributed by atoms with Crippen LogP contribution in [-0.2, 0) is 0 Å². The average molecular weight is 159 g/mol. The Morgan fingerprint density at radius 3 is 1.55 bits per heavy atom. The summed E-state index contributed by atoms with van der Waals surface area (Å²) in [6.45, 7) is 14.8. The number of rotatable bonds is 2. The van der Waals surface area contributed by atoms with Crippen LogP contribution in [-0.4, -0.2) is 13.6 Å². The predicted molar refractivity (Wildman–Crippen MR) is 56.1 cm³/mol. The van der Waals surface area contributed by atoms with Gasteiger partial charge in [0.2, 0.25) is 0 Å². The molecule has 0 aromatic carbocycles. The molecule has 0 heterocycles. The van der Waals surface area contributed by atoms with E-state index in [-0.39, 0.29) is 0 Å². The van der Waals surface area contributed by atoms with E-state index in [0.717, 1.165) is 6.54 Å². The Labute approximate surface area is 72.9 Å². The Morgan fingerprint density at radius 1 is 1.27 bits per heavy atom. The lowest BCUT2D eigenvalue weighted by atomic mass is 10.4. The van der Waals surface area contributed by atoms with Crippen LogP contribution in [0.1, 0.15) is 41.0 Å². The normalized spacial score (nSPS) is 6.73. The molecule has 0 aromatic rings. The van der Waals surface area contributed by atoms with Gasteiger partial charge >= 0.3 is 0 Å². The lowest BCUT2D eigenvalue weighted by Crippen LogP contribution is -2.04. The van der Waals surface area contributed by atoms with Crippen molar-refractivity contribution in [3.63, 3.8) is 0 Å². The van der Waals surface area contributed by atoms with Gasteiger partial charge in [-0.2, -0.15) is 0 Å². The first-order chi connectivity index (χ1) is 5.15. The lowest BCUT2D eigenvalue weighted by molar-refractivity contribution is 0.772. The third kappa shape index (κ3) is 199. The lowest BCUT2D eigenvalue weighted by Gasteiger charge is -1.84. The molecule has 0 saturated heterocycles. The number of hydrogen-bond donors (Lipinski definition) is 1. The smallest absolute Gasteiger partial charge is 0.00546 e. The van der Waals surface area contributed by atoms with Crippen LogP contribution in [0.5, 0.6) is 0 Å². The van der Waals surface area contributed by atoms with Crippen molar-refractivity contribution in [2.45, 2.75) is 41.0 Å². The van der Waals surface area contributed by atoms with Crippen molar-refractivity contribution in [1.29, 1.82) is 0 Å². The molecule has 0 rings (SSSR count). The van der Waals surface area contributed by atoms with Crippen LogP contribution in [0, 0.1) is 0 Å². The Morgan fingerprint density at radius 2 is 1.55 bits per heavy atom. The highest BCUT2D eigenvalue weighted by atomic mass is 14.8. The van der Waals surface area contributed by atoms with Crippen LogP contribution in [0.3, 0.4) is 0 Å². The topological polar surface area (TPSA) is 12.0 Å². The van der Waals surface area contributed by atoms with Crippen molar-refractivity contribution in [3.05, 3.63) is 12.2 Å². The van der Waals surface area contributed by atoms with Crippen molar-refractivity contribution in [2.75, 3.05) is 13.6 Å². The average Bonchev–Trinajstić information content (AvgIpc) is 1.93. The van der Waals surface area contributed by atoms with Gasteiger partial charge in [0.25, 0.3) is 0 Å². The first kappa shape index (κ1) is 17.0. The van der Waals surface area contributed by atoms with E-state index in [1.54, 1.807) is 0 Å². The first-order valence-corrected chi connectivity index (χ1v) is 4.41. The molecule has 0 atom stereocenters. The van der Waals surface area contributed by atoms with Gasteiger partial charge < -0.3 is 5.32 Å². The summed E-state index contributed by atoms with van der Waals surface area (Å²) in [5.41, 5.74) is 1.17. The summed E-state index contributed by atoms with van der Waals surface area (Å²) >= 11 is 0. The summed E-state index contributed by atoms with van der Waals surface area (Å²) in [5.74, 6) is 0. The molecule has 1 nitrogen and oxygen atoms in total. The van der Waals surface area contributed by atoms with E-state index >= 15 is 0 Å². The first-order valence-electron chi connectivity index (χ1n) is 4.41. The molecule has 0 unspecified atom stereocenters. The van der Waals surface area contributed by atoms with Crippen molar-refractivity contribution in [1.82, 2.24) is 5.32 Å². The van der Waals surface area contributed by atoms with E-state index in [1.807, 2.05) is 34.7 Å². The molecule has 0 radical (unpaired) electrons. The minimum atomic E-state index is 1.14. The molecule has 11 heavy (non-hydrogen) atoms. The van der Waals surface area contributed by atoms with Crippen molar-refractivity contribution < 1.29 is 0 Å². The molecular weight excluding hydrogens is 134 g/mol. The second-order valence-corrected chi connectivity index (χ2v) is 2.31. The maximum absolute atomic E-state index is 3.56. The third-order valence-corrected chi connectivity index (χ3v) is 0.500. The van der Waals surface area contributed by atoms with Crippen molar-refractivity contribution >= 4 is 0 Å². The molecule has 0 amide bonds. The van der Waals surface area contributed by atoms with Gasteiger partial charge in [0.15, 0.2) is 0 Å². The zero-order chi connectivity index (χ0) is 9.70. The van der Waals surface area contributed by atoms with Crippen LogP contribution in [0.4, 0.5) is 0 Å². The molecule has 0 saturated carbocycles. The Bertz CT molecular complexity index is 51.9. The monoisotopic (exact) mass is 159 g/mol. The van der Waals surface area contributed by atoms with E-state index in [1.165, 1.54) is 12.0 Å². The van der Waals surface area contributed by atoms with Gasteiger partial charge in [0.05, 0.1) is 0 Å². The molecular formula is C10H25N. The molecule has 0 bridgehead atoms. The molecule has 0 aliphatic rings. The number of hydrogen-bond acceptors (Lipinski definition) is 1. The standard InChI is InChI=1S/C4H11N.C4H8.C2H6/c1-3-4-5-2;1-4(2)3;1-2/h5H,3-4H2,1-2H3;1H2,2-3H3;1-2H3. The zero-order valence-electron chi connectivity index (χ0n) is 9.12. The molecule has 0 fully saturated rings. The largest absolute Gasteiger partial charge is 0.320 e. The van der Waals surface area contributed by atoms with Crippen molar-refractivity contribution in [3.8, 4) is 0 Å². The van der Waals surface area contributed by atoms with Crippen LogP contribution in [0.15, 0.2) is 12.2 Å². The van der Waals surface area contributed by atoms with Gasteiger partial charge in [-0.3, -0.25) is 0 Å². The molecule has 1 N–H and O–H groups in total. The summed E-state index contributed by atoms with van der Waals surface area (Å²) in [6.07, 6.45) is 1.23. The molecule has 0 spiro atoms. The van der Waals surface area contributed by atoms with Crippen LogP contribution < -0.4 is 5.32 Å². The van der Waals surface area contributed by atoms with Gasteiger partial charge in [-0.25, -0.2) is 0 Å². The van der Waals surface area contributed by atoms with Gasteiger partial charge in [0, 0.05) is 0 Å². The quantitative estimate of drug-likeness (QED) is 0.610. The van der Waals surface area contributed by atoms with E-state index in [4.69, 9.17) is 0 Å². The molecule has 0 aliphatic heterocycles. The number of nitrogens with one attached hydrogen (secondary N) is 1. The molecule has 70 valence electrons. The Kier molecular flexibility index (Phi) is 34.9. The Balaban J connectivity index is -0.0000000965. The minimum absolute atomic E-state index is 1.14. The van der Waals surface area contributed by atoms with Gasteiger partial charge in [0.1, 0.15) is 0 Å². The van der Waals surface area contributed by atoms with E-state index < -0.39 is 0 Å². The summed E-state index contributed by atoms with van der Waals surface area (Å²) in [7, 11) is 1.96. The summed E-state index contributed by atoms with van der Waals surface area (Å²) in [4.78, 5) is 0. The highest BCUT2D eigenvalue weighted by Gasteiger charge is 1.64. The van der Waals surface area contributed by atoms with Gasteiger partial charge in [-0.1, -0.05) is 26.3 Å². The SMILES string of the molecule is C=C(C)C.CC.CCCNC. The molecule has 0 aliphatic carbocycles. The second kappa shape index (κ2) is 22.6. The van der Waals surface area contributed by atoms with Crippen LogP contribution >= 0.6 is 0 Å². The summed E-state index contributed by atoms with van der Waals surface area (Å²) < 4.78 is 0. The van der Waals surface area contributed by atoms with E-state index in [9.17, 15) is 0 Å². The summed E-state index contributed by atoms with van der Waals surface area (Å²) in [6, 6.07) is 0. The maximum atomic E-state index is 3.56. The Hall–Kier alpha value is -0.300. The van der Waals surface area contributed by atoms with E-state index in [0.29, 0.717) is 0 Å². The summed E-state index contributed by atoms with van der Waals surface area (Å²) in [5, 5.41) is 3.02. The van der Waals surface area contributed by atoms with Gasteiger partial charge in [-0.15, -0.1) is 6.58 Å². The zero-order valence-corrected chi connectivity index (χ0v) is 9.12. The van der Waals surface area contributed by atoms with Gasteiger partial charge in [-0.05, 0) is 33.9 Å². The van der Waals surface area contributed by atoms with Crippen LogP contribution in [0.25, 0.3) is 0 Å². The predicted octanol–water partition coefficient (Wildman–Crippen LogP) is 3.22. The fraction of sp³-hybridized carbons (Fsp3) is 0.800. The molecule has 0 aromatic heterocycles. The molecule has 1 heteroatoms. The van der Waals surface area contributed by atoms with Crippen molar-refractivity contribution in [2.24, 2.45) is 0 Å².